The lowest BCUT2D eigenvalue weighted by Gasteiger charge is -2.29. The number of hydrogen-bond donors (Lipinski definition) is 3. The highest BCUT2D eigenvalue weighted by Gasteiger charge is 2.34. The van der Waals surface area contributed by atoms with Gasteiger partial charge in [-0.15, -0.1) is 0 Å². The maximum absolute atomic E-state index is 13.5. The number of rotatable bonds is 4. The molecule has 28 heavy (non-hydrogen) atoms. The predicted octanol–water partition coefficient (Wildman–Crippen LogP) is 3.04. The van der Waals surface area contributed by atoms with E-state index < -0.39 is 11.7 Å². The second-order valence-corrected chi connectivity index (χ2v) is 6.34. The Morgan fingerprint density at radius 3 is 2.57 bits per heavy atom. The van der Waals surface area contributed by atoms with Gasteiger partial charge in [0.05, 0.1) is 11.3 Å². The minimum Gasteiger partial charge on any atom is -0.354 e. The van der Waals surface area contributed by atoms with Crippen LogP contribution in [0.1, 0.15) is 5.56 Å². The molecule has 0 radical (unpaired) electrons. The van der Waals surface area contributed by atoms with E-state index in [9.17, 15) is 13.2 Å². The molecule has 3 heterocycles. The summed E-state index contributed by atoms with van der Waals surface area (Å²) >= 11 is 0. The van der Waals surface area contributed by atoms with Gasteiger partial charge in [-0.25, -0.2) is 10.1 Å². The normalized spacial score (nSPS) is 14.9. The largest absolute Gasteiger partial charge is 0.417 e. The average molecular weight is 389 g/mol. The van der Waals surface area contributed by atoms with Crippen LogP contribution < -0.4 is 15.5 Å². The van der Waals surface area contributed by atoms with Crippen LogP contribution in [0.5, 0.6) is 0 Å². The number of pyridine rings is 1. The molecule has 2 aromatic heterocycles. The summed E-state index contributed by atoms with van der Waals surface area (Å²) < 4.78 is 40.5. The molecule has 0 unspecified atom stereocenters. The number of nitrogens with one attached hydrogen (secondary N) is 3. The lowest BCUT2D eigenvalue weighted by Crippen LogP contribution is -2.43. The van der Waals surface area contributed by atoms with Gasteiger partial charge in [0.2, 0.25) is 5.95 Å². The van der Waals surface area contributed by atoms with E-state index in [2.05, 4.69) is 30.8 Å². The van der Waals surface area contributed by atoms with E-state index in [1.807, 2.05) is 4.90 Å². The number of piperazine rings is 1. The van der Waals surface area contributed by atoms with Gasteiger partial charge in [-0.1, -0.05) is 18.2 Å². The van der Waals surface area contributed by atoms with Crippen LogP contribution >= 0.6 is 0 Å². The van der Waals surface area contributed by atoms with E-state index in [-0.39, 0.29) is 11.3 Å². The fraction of sp³-hybridized carbons (Fsp3) is 0.278. The highest BCUT2D eigenvalue weighted by molar-refractivity contribution is 5.72. The number of aromatic amines is 1. The van der Waals surface area contributed by atoms with Crippen LogP contribution in [0.3, 0.4) is 0 Å². The number of nitrogens with zero attached hydrogens (tertiary/aromatic N) is 4. The molecule has 0 bridgehead atoms. The summed E-state index contributed by atoms with van der Waals surface area (Å²) in [5, 5.41) is 12.8. The Hall–Kier alpha value is -3.14. The molecular weight excluding hydrogens is 371 g/mol. The fourth-order valence-electron chi connectivity index (χ4n) is 3.14. The van der Waals surface area contributed by atoms with E-state index in [1.54, 1.807) is 18.2 Å². The zero-order valence-corrected chi connectivity index (χ0v) is 14.8. The van der Waals surface area contributed by atoms with Crippen LogP contribution in [-0.4, -0.2) is 46.3 Å². The van der Waals surface area contributed by atoms with E-state index in [1.165, 1.54) is 18.5 Å². The molecule has 3 N–H and O–H groups in total. The van der Waals surface area contributed by atoms with E-state index in [4.69, 9.17) is 0 Å². The van der Waals surface area contributed by atoms with Crippen molar-refractivity contribution in [3.63, 3.8) is 0 Å². The van der Waals surface area contributed by atoms with Crippen molar-refractivity contribution in [3.8, 4) is 11.3 Å². The van der Waals surface area contributed by atoms with Gasteiger partial charge in [0.25, 0.3) is 0 Å². The summed E-state index contributed by atoms with van der Waals surface area (Å²) in [4.78, 5) is 10.6. The van der Waals surface area contributed by atoms with Gasteiger partial charge >= 0.3 is 6.18 Å². The highest BCUT2D eigenvalue weighted by atomic mass is 19.4. The Balaban J connectivity index is 1.80. The monoisotopic (exact) mass is 389 g/mol. The summed E-state index contributed by atoms with van der Waals surface area (Å²) in [7, 11) is 0. The minimum atomic E-state index is -4.47. The summed E-state index contributed by atoms with van der Waals surface area (Å²) in [6, 6.07) is 8.84. The number of anilines is 3. The number of halogens is 3. The third kappa shape index (κ3) is 3.91. The van der Waals surface area contributed by atoms with Gasteiger partial charge in [0.15, 0.2) is 0 Å². The number of hydrogen-bond acceptors (Lipinski definition) is 6. The number of benzene rings is 1. The van der Waals surface area contributed by atoms with Gasteiger partial charge < -0.3 is 15.5 Å². The number of aromatic nitrogens is 4. The molecule has 0 saturated carbocycles. The van der Waals surface area contributed by atoms with Crippen molar-refractivity contribution in [1.82, 2.24) is 25.5 Å². The Labute approximate surface area is 159 Å². The average Bonchev–Trinajstić information content (AvgIpc) is 3.21. The van der Waals surface area contributed by atoms with Crippen molar-refractivity contribution < 1.29 is 13.2 Å². The maximum Gasteiger partial charge on any atom is 0.417 e. The molecule has 0 atom stereocenters. The smallest absolute Gasteiger partial charge is 0.354 e. The first-order valence-electron chi connectivity index (χ1n) is 8.77. The molecule has 1 aliphatic heterocycles. The highest BCUT2D eigenvalue weighted by Crippen LogP contribution is 2.37. The standard InChI is InChI=1S/C18H18F3N7/c19-18(20,21)14-4-2-1-3-13(14)15-9-12(25-17-23-11-24-27-17)10-16(26-15)28-7-5-22-6-8-28/h1-4,9-11,22H,5-8H2,(H2,23,24,25,26,27). The summed E-state index contributed by atoms with van der Waals surface area (Å²) in [6.07, 6.45) is -3.12. The van der Waals surface area contributed by atoms with Crippen molar-refractivity contribution in [3.05, 3.63) is 48.3 Å². The molecule has 1 aliphatic rings. The molecule has 1 aromatic carbocycles. The first-order chi connectivity index (χ1) is 13.5. The van der Waals surface area contributed by atoms with Crippen LogP contribution in [0.2, 0.25) is 0 Å². The molecule has 10 heteroatoms. The zero-order valence-electron chi connectivity index (χ0n) is 14.8. The molecule has 1 fully saturated rings. The molecule has 0 aliphatic carbocycles. The quantitative estimate of drug-likeness (QED) is 0.636. The van der Waals surface area contributed by atoms with Crippen molar-refractivity contribution in [2.75, 3.05) is 36.4 Å². The molecule has 4 rings (SSSR count). The Morgan fingerprint density at radius 2 is 1.86 bits per heavy atom. The second-order valence-electron chi connectivity index (χ2n) is 6.34. The van der Waals surface area contributed by atoms with Gasteiger partial charge in [-0.2, -0.15) is 23.3 Å². The van der Waals surface area contributed by atoms with Crippen LogP contribution in [0.25, 0.3) is 11.3 Å². The summed E-state index contributed by atoms with van der Waals surface area (Å²) in [5.41, 5.74) is 0.136. The molecule has 0 spiro atoms. The van der Waals surface area contributed by atoms with E-state index >= 15 is 0 Å². The van der Waals surface area contributed by atoms with Crippen molar-refractivity contribution in [2.24, 2.45) is 0 Å². The minimum absolute atomic E-state index is 0.0348. The molecule has 7 nitrogen and oxygen atoms in total. The SMILES string of the molecule is FC(F)(F)c1ccccc1-c1cc(Nc2ncn[nH]2)cc(N2CCNCC2)n1. The summed E-state index contributed by atoms with van der Waals surface area (Å²) in [5.74, 6) is 1.01. The number of alkyl halides is 3. The third-order valence-electron chi connectivity index (χ3n) is 4.44. The molecule has 146 valence electrons. The second kappa shape index (κ2) is 7.47. The Kier molecular flexibility index (Phi) is 4.86. The van der Waals surface area contributed by atoms with Gasteiger partial charge in [-0.3, -0.25) is 0 Å². The lowest BCUT2D eigenvalue weighted by molar-refractivity contribution is -0.137. The summed E-state index contributed by atoms with van der Waals surface area (Å²) in [6.45, 7) is 3.02. The van der Waals surface area contributed by atoms with Crippen molar-refractivity contribution in [1.29, 1.82) is 0 Å². The fourth-order valence-corrected chi connectivity index (χ4v) is 3.14. The molecular formula is C18H18F3N7. The lowest BCUT2D eigenvalue weighted by atomic mass is 10.0. The first-order valence-corrected chi connectivity index (χ1v) is 8.77. The Morgan fingerprint density at radius 1 is 1.07 bits per heavy atom. The zero-order chi connectivity index (χ0) is 19.6. The van der Waals surface area contributed by atoms with Crippen molar-refractivity contribution in [2.45, 2.75) is 6.18 Å². The van der Waals surface area contributed by atoms with E-state index in [0.717, 1.165) is 32.2 Å². The maximum atomic E-state index is 13.5. The van der Waals surface area contributed by atoms with Gasteiger partial charge in [0, 0.05) is 43.5 Å². The molecule has 1 saturated heterocycles. The third-order valence-corrected chi connectivity index (χ3v) is 4.44. The van der Waals surface area contributed by atoms with Crippen molar-refractivity contribution >= 4 is 17.5 Å². The number of H-pyrrole nitrogens is 1. The molecule has 3 aromatic rings. The van der Waals surface area contributed by atoms with Gasteiger partial charge in [0.1, 0.15) is 12.1 Å². The van der Waals surface area contributed by atoms with Crippen LogP contribution in [-0.2, 0) is 6.18 Å². The van der Waals surface area contributed by atoms with Gasteiger partial charge in [-0.05, 0) is 12.1 Å². The predicted molar refractivity (Wildman–Crippen MR) is 99.4 cm³/mol. The topological polar surface area (TPSA) is 81.8 Å². The van der Waals surface area contributed by atoms with E-state index in [0.29, 0.717) is 17.5 Å². The Bertz CT molecular complexity index is 935. The van der Waals surface area contributed by atoms with Crippen LogP contribution in [0.4, 0.5) is 30.6 Å². The molecule has 0 amide bonds. The van der Waals surface area contributed by atoms with Crippen LogP contribution in [0, 0.1) is 0 Å². The first kappa shape index (κ1) is 18.2. The van der Waals surface area contributed by atoms with Crippen LogP contribution in [0.15, 0.2) is 42.7 Å².